The second-order valence-corrected chi connectivity index (χ2v) is 4.85. The van der Waals surface area contributed by atoms with Gasteiger partial charge >= 0.3 is 0 Å². The van der Waals surface area contributed by atoms with Gasteiger partial charge in [0.25, 0.3) is 0 Å². The van der Waals surface area contributed by atoms with E-state index in [1.165, 1.54) is 0 Å². The van der Waals surface area contributed by atoms with Crippen LogP contribution in [0.5, 0.6) is 0 Å². The van der Waals surface area contributed by atoms with Crippen molar-refractivity contribution in [3.63, 3.8) is 0 Å². The SMILES string of the molecule is CC1(NC(=O)[C@H](N)Cc2ccccc2)CC1. The molecule has 3 heteroatoms. The number of carbonyl (C=O) groups excluding carboxylic acids is 1. The highest BCUT2D eigenvalue weighted by molar-refractivity contribution is 5.82. The van der Waals surface area contributed by atoms with Crippen molar-refractivity contribution in [1.29, 1.82) is 0 Å². The Morgan fingerprint density at radius 1 is 1.44 bits per heavy atom. The van der Waals surface area contributed by atoms with Crippen molar-refractivity contribution in [2.24, 2.45) is 5.73 Å². The van der Waals surface area contributed by atoms with Crippen molar-refractivity contribution in [2.75, 3.05) is 0 Å². The Kier molecular flexibility index (Phi) is 2.97. The summed E-state index contributed by atoms with van der Waals surface area (Å²) in [6.07, 6.45) is 2.73. The second-order valence-electron chi connectivity index (χ2n) is 4.85. The molecule has 3 N–H and O–H groups in total. The molecule has 1 aromatic rings. The smallest absolute Gasteiger partial charge is 0.237 e. The second kappa shape index (κ2) is 4.26. The largest absolute Gasteiger partial charge is 0.350 e. The Bertz CT molecular complexity index is 371. The quantitative estimate of drug-likeness (QED) is 0.798. The van der Waals surface area contributed by atoms with Crippen molar-refractivity contribution in [2.45, 2.75) is 37.8 Å². The van der Waals surface area contributed by atoms with Gasteiger partial charge in [0.1, 0.15) is 0 Å². The predicted octanol–water partition coefficient (Wildman–Crippen LogP) is 1.23. The van der Waals surface area contributed by atoms with E-state index in [1.54, 1.807) is 0 Å². The van der Waals surface area contributed by atoms with Crippen LogP contribution in [0.2, 0.25) is 0 Å². The van der Waals surface area contributed by atoms with Gasteiger partial charge in [-0.05, 0) is 31.7 Å². The molecule has 0 aliphatic heterocycles. The van der Waals surface area contributed by atoms with Crippen LogP contribution in [0.25, 0.3) is 0 Å². The first-order chi connectivity index (χ1) is 7.59. The van der Waals surface area contributed by atoms with E-state index >= 15 is 0 Å². The molecule has 0 heterocycles. The van der Waals surface area contributed by atoms with Crippen LogP contribution in [-0.2, 0) is 11.2 Å². The summed E-state index contributed by atoms with van der Waals surface area (Å²) < 4.78 is 0. The van der Waals surface area contributed by atoms with E-state index in [9.17, 15) is 4.79 Å². The van der Waals surface area contributed by atoms with Gasteiger partial charge in [0.2, 0.25) is 5.91 Å². The molecule has 0 radical (unpaired) electrons. The number of nitrogens with one attached hydrogen (secondary N) is 1. The third kappa shape index (κ3) is 2.83. The minimum absolute atomic E-state index is 0.0192. The first-order valence-electron chi connectivity index (χ1n) is 5.71. The number of amides is 1. The van der Waals surface area contributed by atoms with Crippen LogP contribution in [-0.4, -0.2) is 17.5 Å². The highest BCUT2D eigenvalue weighted by atomic mass is 16.2. The van der Waals surface area contributed by atoms with Gasteiger partial charge in [-0.2, -0.15) is 0 Å². The maximum atomic E-state index is 11.8. The van der Waals surface area contributed by atoms with Gasteiger partial charge in [0.05, 0.1) is 6.04 Å². The zero-order valence-electron chi connectivity index (χ0n) is 9.57. The lowest BCUT2D eigenvalue weighted by Crippen LogP contribution is -2.46. The van der Waals surface area contributed by atoms with Gasteiger partial charge in [-0.1, -0.05) is 30.3 Å². The predicted molar refractivity (Wildman–Crippen MR) is 63.9 cm³/mol. The van der Waals surface area contributed by atoms with E-state index in [2.05, 4.69) is 12.2 Å². The highest BCUT2D eigenvalue weighted by Gasteiger charge is 2.39. The van der Waals surface area contributed by atoms with E-state index in [0.717, 1.165) is 18.4 Å². The molecule has 1 amide bonds. The fraction of sp³-hybridized carbons (Fsp3) is 0.462. The number of hydrogen-bond acceptors (Lipinski definition) is 2. The van der Waals surface area contributed by atoms with Crippen LogP contribution in [0.1, 0.15) is 25.3 Å². The molecule has 16 heavy (non-hydrogen) atoms. The van der Waals surface area contributed by atoms with Crippen LogP contribution >= 0.6 is 0 Å². The van der Waals surface area contributed by atoms with Gasteiger partial charge < -0.3 is 11.1 Å². The molecular formula is C13H18N2O. The summed E-state index contributed by atoms with van der Waals surface area (Å²) in [6.45, 7) is 2.06. The van der Waals surface area contributed by atoms with E-state index in [4.69, 9.17) is 5.73 Å². The summed E-state index contributed by atoms with van der Waals surface area (Å²) in [4.78, 5) is 11.8. The van der Waals surface area contributed by atoms with E-state index in [0.29, 0.717) is 6.42 Å². The number of rotatable bonds is 4. The molecule has 1 saturated carbocycles. The van der Waals surface area contributed by atoms with Gasteiger partial charge in [0.15, 0.2) is 0 Å². The Hall–Kier alpha value is -1.35. The van der Waals surface area contributed by atoms with Crippen LogP contribution < -0.4 is 11.1 Å². The maximum absolute atomic E-state index is 11.8. The van der Waals surface area contributed by atoms with Gasteiger partial charge in [-0.3, -0.25) is 4.79 Å². The standard InChI is InChI=1S/C13H18N2O/c1-13(7-8-13)15-12(16)11(14)9-10-5-3-2-4-6-10/h2-6,11H,7-9,14H2,1H3,(H,15,16)/t11-/m1/s1. The Balaban J connectivity index is 1.88. The van der Waals surface area contributed by atoms with Gasteiger partial charge in [0, 0.05) is 5.54 Å². The molecule has 3 nitrogen and oxygen atoms in total. The summed E-state index contributed by atoms with van der Waals surface area (Å²) in [7, 11) is 0. The van der Waals surface area contributed by atoms with Gasteiger partial charge in [-0.25, -0.2) is 0 Å². The molecule has 0 bridgehead atoms. The molecule has 0 saturated heterocycles. The third-order valence-electron chi connectivity index (χ3n) is 3.06. The van der Waals surface area contributed by atoms with Crippen LogP contribution in [0.15, 0.2) is 30.3 Å². The molecule has 1 aliphatic carbocycles. The number of benzene rings is 1. The minimum Gasteiger partial charge on any atom is -0.350 e. The van der Waals surface area contributed by atoms with Crippen molar-refractivity contribution in [3.05, 3.63) is 35.9 Å². The lowest BCUT2D eigenvalue weighted by Gasteiger charge is -2.16. The molecule has 1 fully saturated rings. The van der Waals surface area contributed by atoms with E-state index < -0.39 is 6.04 Å². The molecule has 1 atom stereocenters. The zero-order valence-corrected chi connectivity index (χ0v) is 9.57. The van der Waals surface area contributed by atoms with Crippen molar-refractivity contribution in [1.82, 2.24) is 5.32 Å². The molecule has 1 aromatic carbocycles. The summed E-state index contributed by atoms with van der Waals surface area (Å²) in [5, 5.41) is 2.99. The lowest BCUT2D eigenvalue weighted by molar-refractivity contribution is -0.123. The van der Waals surface area contributed by atoms with Crippen molar-refractivity contribution in [3.8, 4) is 0 Å². The van der Waals surface area contributed by atoms with E-state index in [1.807, 2.05) is 30.3 Å². The summed E-state index contributed by atoms with van der Waals surface area (Å²) in [5.41, 5.74) is 6.99. The Morgan fingerprint density at radius 3 is 2.62 bits per heavy atom. The fourth-order valence-electron chi connectivity index (χ4n) is 1.66. The third-order valence-corrected chi connectivity index (χ3v) is 3.06. The lowest BCUT2D eigenvalue weighted by atomic mass is 10.1. The monoisotopic (exact) mass is 218 g/mol. The normalized spacial score (nSPS) is 18.9. The molecule has 1 aliphatic rings. The Morgan fingerprint density at radius 2 is 2.06 bits per heavy atom. The Labute approximate surface area is 96.0 Å². The molecule has 0 aromatic heterocycles. The molecule has 86 valence electrons. The highest BCUT2D eigenvalue weighted by Crippen LogP contribution is 2.34. The zero-order chi connectivity index (χ0) is 11.6. The van der Waals surface area contributed by atoms with Crippen molar-refractivity contribution < 1.29 is 4.79 Å². The number of carbonyl (C=O) groups is 1. The fourth-order valence-corrected chi connectivity index (χ4v) is 1.66. The summed E-state index contributed by atoms with van der Waals surface area (Å²) in [5.74, 6) is -0.0381. The molecular weight excluding hydrogens is 200 g/mol. The first-order valence-corrected chi connectivity index (χ1v) is 5.71. The average Bonchev–Trinajstić information content (AvgIpc) is 2.97. The van der Waals surface area contributed by atoms with E-state index in [-0.39, 0.29) is 11.4 Å². The summed E-state index contributed by atoms with van der Waals surface area (Å²) in [6, 6.07) is 9.42. The minimum atomic E-state index is -0.445. The molecule has 0 unspecified atom stereocenters. The molecule has 0 spiro atoms. The number of nitrogens with two attached hydrogens (primary N) is 1. The first kappa shape index (κ1) is 11.1. The average molecular weight is 218 g/mol. The summed E-state index contributed by atoms with van der Waals surface area (Å²) >= 11 is 0. The number of hydrogen-bond donors (Lipinski definition) is 2. The maximum Gasteiger partial charge on any atom is 0.237 e. The van der Waals surface area contributed by atoms with Gasteiger partial charge in [-0.15, -0.1) is 0 Å². The molecule has 2 rings (SSSR count). The topological polar surface area (TPSA) is 55.1 Å². The van der Waals surface area contributed by atoms with Crippen LogP contribution in [0.4, 0.5) is 0 Å². The van der Waals surface area contributed by atoms with Crippen LogP contribution in [0.3, 0.4) is 0 Å². The van der Waals surface area contributed by atoms with Crippen molar-refractivity contribution >= 4 is 5.91 Å². The van der Waals surface area contributed by atoms with Crippen LogP contribution in [0, 0.1) is 0 Å².